The van der Waals surface area contributed by atoms with E-state index >= 15 is 0 Å². The summed E-state index contributed by atoms with van der Waals surface area (Å²) in [6.07, 6.45) is 1.92. The molecule has 8 nitrogen and oxygen atoms in total. The van der Waals surface area contributed by atoms with E-state index in [1.165, 1.54) is 28.6 Å². The number of aromatic nitrogens is 2. The number of morpholine rings is 1. The second-order valence-electron chi connectivity index (χ2n) is 8.10. The smallest absolute Gasteiger partial charge is 0.256 e. The van der Waals surface area contributed by atoms with Crippen molar-refractivity contribution in [2.24, 2.45) is 0 Å². The van der Waals surface area contributed by atoms with Crippen LogP contribution in [0.4, 0.5) is 5.82 Å². The van der Waals surface area contributed by atoms with Crippen molar-refractivity contribution in [2.45, 2.75) is 11.8 Å². The fraction of sp³-hybridized carbons (Fsp3) is 0.200. The van der Waals surface area contributed by atoms with Gasteiger partial charge in [-0.1, -0.05) is 36.4 Å². The molecule has 2 aromatic carbocycles. The van der Waals surface area contributed by atoms with Crippen LogP contribution < -0.4 is 5.32 Å². The number of carbonyl (C=O) groups excluding carboxylic acids is 1. The van der Waals surface area contributed by atoms with Crippen molar-refractivity contribution in [2.75, 3.05) is 31.6 Å². The van der Waals surface area contributed by atoms with Gasteiger partial charge in [-0.2, -0.15) is 4.31 Å². The summed E-state index contributed by atoms with van der Waals surface area (Å²) >= 11 is 0. The Kier molecular flexibility index (Phi) is 5.91. The van der Waals surface area contributed by atoms with Crippen LogP contribution in [0.1, 0.15) is 15.9 Å². The highest BCUT2D eigenvalue weighted by Gasteiger charge is 2.26. The standard InChI is InChI=1S/C25H24N4O4S/c1-18-7-12-22-26-23(19-5-3-2-4-6-19)24(29(22)17-18)27-25(30)20-8-10-21(11-9-20)34(31,32)28-13-15-33-16-14-28/h2-12,17H,13-16H2,1H3,(H,27,30). The van der Waals surface area contributed by atoms with Crippen LogP contribution in [0.5, 0.6) is 0 Å². The Hall–Kier alpha value is -3.53. The van der Waals surface area contributed by atoms with Gasteiger partial charge < -0.3 is 10.1 Å². The highest BCUT2D eigenvalue weighted by atomic mass is 32.2. The second kappa shape index (κ2) is 9.02. The summed E-state index contributed by atoms with van der Waals surface area (Å²) in [6.45, 7) is 3.37. The molecule has 1 fully saturated rings. The number of aryl methyl sites for hydroxylation is 1. The Labute approximate surface area is 197 Å². The largest absolute Gasteiger partial charge is 0.379 e. The monoisotopic (exact) mass is 476 g/mol. The molecule has 0 saturated carbocycles. The first-order chi connectivity index (χ1) is 16.4. The van der Waals surface area contributed by atoms with E-state index in [2.05, 4.69) is 5.32 Å². The molecule has 0 unspecified atom stereocenters. The van der Waals surface area contributed by atoms with Crippen molar-refractivity contribution in [3.63, 3.8) is 0 Å². The molecular weight excluding hydrogens is 452 g/mol. The van der Waals surface area contributed by atoms with Crippen LogP contribution in [0.2, 0.25) is 0 Å². The molecule has 5 rings (SSSR count). The minimum absolute atomic E-state index is 0.154. The van der Waals surface area contributed by atoms with Gasteiger partial charge in [-0.05, 0) is 42.8 Å². The molecule has 0 spiro atoms. The summed E-state index contributed by atoms with van der Waals surface area (Å²) < 4.78 is 34.2. The third kappa shape index (κ3) is 4.21. The van der Waals surface area contributed by atoms with Crippen molar-refractivity contribution in [3.8, 4) is 11.3 Å². The molecule has 3 heterocycles. The van der Waals surface area contributed by atoms with E-state index in [1.807, 2.05) is 60.0 Å². The number of imidazole rings is 1. The van der Waals surface area contributed by atoms with E-state index in [0.29, 0.717) is 49.0 Å². The fourth-order valence-corrected chi connectivity index (χ4v) is 5.37. The number of hydrogen-bond acceptors (Lipinski definition) is 5. The SMILES string of the molecule is Cc1ccc2nc(-c3ccccc3)c(NC(=O)c3ccc(S(=O)(=O)N4CCOCC4)cc3)n2c1. The average Bonchev–Trinajstić information content (AvgIpc) is 3.22. The summed E-state index contributed by atoms with van der Waals surface area (Å²) in [5.41, 5.74) is 3.63. The number of hydrogen-bond donors (Lipinski definition) is 1. The van der Waals surface area contributed by atoms with Crippen molar-refractivity contribution in [3.05, 3.63) is 84.1 Å². The first kappa shape index (κ1) is 22.3. The van der Waals surface area contributed by atoms with Gasteiger partial charge in [-0.3, -0.25) is 9.20 Å². The van der Waals surface area contributed by atoms with Gasteiger partial charge in [0.2, 0.25) is 10.0 Å². The third-order valence-corrected chi connectivity index (χ3v) is 7.68. The molecule has 1 aliphatic heterocycles. The molecule has 1 N–H and O–H groups in total. The molecule has 9 heteroatoms. The predicted molar refractivity (Wildman–Crippen MR) is 129 cm³/mol. The molecule has 0 atom stereocenters. The lowest BCUT2D eigenvalue weighted by molar-refractivity contribution is 0.0730. The topological polar surface area (TPSA) is 93.0 Å². The number of nitrogens with one attached hydrogen (secondary N) is 1. The van der Waals surface area contributed by atoms with Gasteiger partial charge in [0.05, 0.1) is 18.1 Å². The van der Waals surface area contributed by atoms with E-state index < -0.39 is 10.0 Å². The van der Waals surface area contributed by atoms with Crippen molar-refractivity contribution in [1.82, 2.24) is 13.7 Å². The minimum Gasteiger partial charge on any atom is -0.379 e. The molecule has 2 aromatic heterocycles. The lowest BCUT2D eigenvalue weighted by Gasteiger charge is -2.26. The number of fused-ring (bicyclic) bond motifs is 1. The number of benzene rings is 2. The first-order valence-electron chi connectivity index (χ1n) is 11.0. The normalized spacial score (nSPS) is 14.9. The molecule has 0 bridgehead atoms. The second-order valence-corrected chi connectivity index (χ2v) is 10.0. The van der Waals surface area contributed by atoms with Crippen LogP contribution >= 0.6 is 0 Å². The fourth-order valence-electron chi connectivity index (χ4n) is 3.96. The number of ether oxygens (including phenoxy) is 1. The van der Waals surface area contributed by atoms with E-state index in [1.54, 1.807) is 0 Å². The highest BCUT2D eigenvalue weighted by Crippen LogP contribution is 2.29. The number of nitrogens with zero attached hydrogens (tertiary/aromatic N) is 3. The third-order valence-electron chi connectivity index (χ3n) is 5.77. The molecule has 0 aliphatic carbocycles. The zero-order chi connectivity index (χ0) is 23.7. The van der Waals surface area contributed by atoms with E-state index in [-0.39, 0.29) is 10.8 Å². The highest BCUT2D eigenvalue weighted by molar-refractivity contribution is 7.89. The molecule has 174 valence electrons. The lowest BCUT2D eigenvalue weighted by atomic mass is 10.1. The molecule has 1 aliphatic rings. The summed E-state index contributed by atoms with van der Waals surface area (Å²) in [7, 11) is -3.62. The van der Waals surface area contributed by atoms with Crippen LogP contribution in [-0.2, 0) is 14.8 Å². The minimum atomic E-state index is -3.62. The summed E-state index contributed by atoms with van der Waals surface area (Å²) in [5.74, 6) is 0.204. The zero-order valence-electron chi connectivity index (χ0n) is 18.6. The lowest BCUT2D eigenvalue weighted by Crippen LogP contribution is -2.40. The van der Waals surface area contributed by atoms with Gasteiger partial charge in [0.15, 0.2) is 0 Å². The van der Waals surface area contributed by atoms with E-state index in [9.17, 15) is 13.2 Å². The van der Waals surface area contributed by atoms with Crippen molar-refractivity contribution < 1.29 is 17.9 Å². The van der Waals surface area contributed by atoms with Gasteiger partial charge in [0.25, 0.3) is 5.91 Å². The Morgan fingerprint density at radius 1 is 0.971 bits per heavy atom. The number of anilines is 1. The van der Waals surface area contributed by atoms with Crippen molar-refractivity contribution >= 4 is 27.4 Å². The molecule has 0 radical (unpaired) electrons. The Morgan fingerprint density at radius 3 is 2.38 bits per heavy atom. The molecular formula is C25H24N4O4S. The number of sulfonamides is 1. The van der Waals surface area contributed by atoms with Crippen LogP contribution in [0, 0.1) is 6.92 Å². The molecule has 4 aromatic rings. The maximum atomic E-state index is 13.2. The quantitative estimate of drug-likeness (QED) is 0.475. The van der Waals surface area contributed by atoms with Crippen LogP contribution in [-0.4, -0.2) is 54.3 Å². The van der Waals surface area contributed by atoms with Gasteiger partial charge in [-0.25, -0.2) is 13.4 Å². The molecule has 34 heavy (non-hydrogen) atoms. The number of pyridine rings is 1. The maximum Gasteiger partial charge on any atom is 0.256 e. The van der Waals surface area contributed by atoms with Crippen LogP contribution in [0.3, 0.4) is 0 Å². The van der Waals surface area contributed by atoms with Crippen molar-refractivity contribution in [1.29, 1.82) is 0 Å². The summed E-state index contributed by atoms with van der Waals surface area (Å²) in [6, 6.07) is 19.5. The Balaban J connectivity index is 1.45. The summed E-state index contributed by atoms with van der Waals surface area (Å²) in [5, 5.41) is 2.98. The maximum absolute atomic E-state index is 13.2. The number of carbonyl (C=O) groups is 1. The van der Waals surface area contributed by atoms with Gasteiger partial charge in [-0.15, -0.1) is 0 Å². The predicted octanol–water partition coefficient (Wildman–Crippen LogP) is 3.58. The van der Waals surface area contributed by atoms with Crippen LogP contribution in [0.15, 0.2) is 77.8 Å². The van der Waals surface area contributed by atoms with Crippen LogP contribution in [0.25, 0.3) is 16.9 Å². The van der Waals surface area contributed by atoms with Gasteiger partial charge in [0.1, 0.15) is 17.2 Å². The first-order valence-corrected chi connectivity index (χ1v) is 12.4. The van der Waals surface area contributed by atoms with Gasteiger partial charge in [0, 0.05) is 30.4 Å². The van der Waals surface area contributed by atoms with Gasteiger partial charge >= 0.3 is 0 Å². The molecule has 1 amide bonds. The van der Waals surface area contributed by atoms with E-state index in [0.717, 1.165) is 11.1 Å². The molecule has 1 saturated heterocycles. The average molecular weight is 477 g/mol. The number of amides is 1. The van der Waals surface area contributed by atoms with E-state index in [4.69, 9.17) is 9.72 Å². The number of rotatable bonds is 5. The Bertz CT molecular complexity index is 1440. The zero-order valence-corrected chi connectivity index (χ0v) is 19.5. The Morgan fingerprint density at radius 2 is 1.68 bits per heavy atom. The summed E-state index contributed by atoms with van der Waals surface area (Å²) in [4.78, 5) is 18.0.